The summed E-state index contributed by atoms with van der Waals surface area (Å²) in [7, 11) is -14.8. The highest BCUT2D eigenvalue weighted by molar-refractivity contribution is 6.73. The van der Waals surface area contributed by atoms with Crippen molar-refractivity contribution < 1.29 is 151 Å². The van der Waals surface area contributed by atoms with E-state index < -0.39 is 268 Å². The highest BCUT2D eigenvalue weighted by Gasteiger charge is 2.81. The fraction of sp³-hybridized carbons (Fsp3) is 0.604. The molecule has 0 unspecified atom stereocenters. The van der Waals surface area contributed by atoms with Crippen LogP contribution in [0.15, 0.2) is 144 Å². The molecule has 4 saturated carbocycles. The van der Waals surface area contributed by atoms with Crippen LogP contribution in [0.1, 0.15) is 218 Å². The number of nitrogens with zero attached hydrogens (tertiary/aromatic N) is 1. The molecule has 0 radical (unpaired) electrons. The summed E-state index contributed by atoms with van der Waals surface area (Å²) in [6, 6.07) is 33.8. The Hall–Kier alpha value is -8.96. The number of aliphatic hydroxyl groups excluding tert-OH is 2. The number of benzene rings is 4. The van der Waals surface area contributed by atoms with Crippen molar-refractivity contribution in [1.29, 1.82) is 0 Å². The zero-order valence-electron chi connectivity index (χ0n) is 87.2. The number of alkyl carbamates (subject to hydrolysis) is 1. The van der Waals surface area contributed by atoms with Crippen molar-refractivity contribution in [2.24, 2.45) is 33.5 Å². The number of nitrogens with one attached hydrogen (secondary N) is 1. The van der Waals surface area contributed by atoms with Crippen LogP contribution in [-0.2, 0) is 94.8 Å². The molecule has 3 heterocycles. The molecular formula is C96H128N2O28Si. The van der Waals surface area contributed by atoms with Gasteiger partial charge in [-0.1, -0.05) is 146 Å². The average Bonchev–Trinajstić information content (AvgIpc) is 0.667. The molecule has 3 amide bonds. The van der Waals surface area contributed by atoms with Crippen molar-refractivity contribution in [2.75, 3.05) is 41.4 Å². The van der Waals surface area contributed by atoms with Crippen LogP contribution in [0.2, 0.25) is 18.1 Å². The lowest BCUT2D eigenvalue weighted by molar-refractivity contribution is -0.347. The number of hydrogen-bond acceptors (Lipinski definition) is 28. The Kier molecular flexibility index (Phi) is 24.1. The first-order valence-electron chi connectivity index (χ1n) is 48.7. The topological polar surface area (TPSA) is 396 Å². The molecular weight excluding hydrogens is 1660 g/mol. The number of fused-ring (bicyclic) bond motifs is 10. The van der Waals surface area contributed by atoms with E-state index in [0.717, 1.165) is 37.5 Å². The van der Waals surface area contributed by atoms with Gasteiger partial charge in [-0.2, -0.15) is 0 Å². The summed E-state index contributed by atoms with van der Waals surface area (Å²) < 4.78 is 179. The van der Waals surface area contributed by atoms with Gasteiger partial charge in [0.05, 0.1) is 87.8 Å². The van der Waals surface area contributed by atoms with Crippen molar-refractivity contribution in [2.45, 2.75) is 294 Å². The van der Waals surface area contributed by atoms with E-state index in [0.29, 0.717) is 0 Å². The average molecular weight is 1800 g/mol. The third-order valence-electron chi connectivity index (χ3n) is 28.0. The van der Waals surface area contributed by atoms with Gasteiger partial charge in [0.2, 0.25) is 0 Å². The molecule has 13 rings (SSSR count). The third kappa shape index (κ3) is 17.6. The molecule has 9 aliphatic rings. The van der Waals surface area contributed by atoms with E-state index >= 15 is 9.59 Å². The maximum absolute atomic E-state index is 15.9. The molecule has 694 valence electrons. The van der Waals surface area contributed by atoms with Gasteiger partial charge in [0.15, 0.2) is 43.3 Å². The van der Waals surface area contributed by atoms with Gasteiger partial charge in [-0.05, 0) is 145 Å². The molecule has 3 aliphatic heterocycles. The molecule has 6 aliphatic carbocycles. The van der Waals surface area contributed by atoms with Crippen molar-refractivity contribution in [1.82, 2.24) is 10.2 Å². The van der Waals surface area contributed by atoms with Crippen LogP contribution in [0, 0.1) is 33.5 Å². The fourth-order valence-corrected chi connectivity index (χ4v) is 23.8. The number of imide groups is 1. The fourth-order valence-electron chi connectivity index (χ4n) is 21.0. The van der Waals surface area contributed by atoms with Gasteiger partial charge in [-0.3, -0.25) is 24.0 Å². The monoisotopic (exact) mass is 1800 g/mol. The number of carbonyl (C=O) groups excluding carboxylic acids is 10. The first-order valence-corrected chi connectivity index (χ1v) is 45.3. The Bertz CT molecular complexity index is 5290. The van der Waals surface area contributed by atoms with E-state index in [1.165, 1.54) is 96.7 Å². The number of ether oxygens (including phenoxy) is 13. The lowest BCUT2D eigenvalue weighted by Crippen LogP contribution is -2.82. The SMILES string of the molecule is CC[Si](CC)(CC)O[C@H]1C(=O)N(C(=O)OC(C)(C)C)[C@H]1c1ccccc1.[2H]C([2H])([2H])O[C@H]1C(=O)[C@]2(C)[C@@H](OC([2H])([2H])[2H])C[C@H]3OC[C@@]3(OC(C)=O)[C@H]2[C@H](OC(=O)c2ccccc2)[C@]2(O)C[C@H](O)C(C)=C1C2(C)C.[2H]C([2H])([2H])O[C@H]1C(=O)[C@]2(C)[C@@H](OC([2H])([2H])[2H])C[C@H]3OC[C@@]3(OC(C)=O)[C@H]2[C@H](OC(=O)c2ccccc2)[C@]2(O)C[C@H](OC(=O)[C@H](O)[C@@H](NC(=O)OC(C)(C)C)c3ccccc3)C(C)=C1C2(C)C. The zero-order chi connectivity index (χ0) is 104. The number of carbonyl (C=O) groups is 10. The second-order valence-corrected chi connectivity index (χ2v) is 42.7. The predicted octanol–water partition coefficient (Wildman–Crippen LogP) is 11.9. The second-order valence-electron chi connectivity index (χ2n) is 38.0. The minimum Gasteiger partial charge on any atom is -0.456 e. The Morgan fingerprint density at radius 2 is 0.984 bits per heavy atom. The first-order chi connectivity index (χ1) is 64.0. The summed E-state index contributed by atoms with van der Waals surface area (Å²) in [4.78, 5) is 139. The highest BCUT2D eigenvalue weighted by atomic mass is 28.4. The second kappa shape index (κ2) is 37.1. The number of likely N-dealkylation sites (tertiary alicyclic amines) is 1. The van der Waals surface area contributed by atoms with E-state index in [4.69, 9.17) is 82.5 Å². The van der Waals surface area contributed by atoms with Crippen LogP contribution in [0.3, 0.4) is 0 Å². The van der Waals surface area contributed by atoms with E-state index in [-0.39, 0.29) is 57.9 Å². The molecule has 5 N–H and O–H groups in total. The van der Waals surface area contributed by atoms with E-state index in [1.807, 2.05) is 30.3 Å². The summed E-state index contributed by atoms with van der Waals surface area (Å²) in [5.41, 5.74) is -17.3. The van der Waals surface area contributed by atoms with Gasteiger partial charge in [-0.15, -0.1) is 0 Å². The minimum absolute atomic E-state index is 0.0111. The Morgan fingerprint density at radius 3 is 1.38 bits per heavy atom. The summed E-state index contributed by atoms with van der Waals surface area (Å²) in [6.07, 6.45) is -22.9. The Morgan fingerprint density at radius 1 is 0.575 bits per heavy atom. The molecule has 4 aromatic rings. The molecule has 4 bridgehead atoms. The van der Waals surface area contributed by atoms with Crippen molar-refractivity contribution in [3.63, 3.8) is 0 Å². The number of aliphatic hydroxyl groups is 4. The largest absolute Gasteiger partial charge is 0.456 e. The van der Waals surface area contributed by atoms with Crippen molar-refractivity contribution in [3.05, 3.63) is 166 Å². The number of amides is 3. The van der Waals surface area contributed by atoms with Crippen LogP contribution in [-0.4, -0.2) is 241 Å². The van der Waals surface area contributed by atoms with Crippen molar-refractivity contribution in [3.8, 4) is 0 Å². The van der Waals surface area contributed by atoms with Gasteiger partial charge in [0, 0.05) is 78.5 Å². The Balaban J connectivity index is 0.000000219. The van der Waals surface area contributed by atoms with Gasteiger partial charge >= 0.3 is 42.0 Å². The number of methoxy groups -OCH3 is 4. The molecule has 7 fully saturated rings. The molecule has 0 spiro atoms. The standard InChI is InChI=1S/C45H57NO14.C31H40O10.C20H31NO4Si/c1-24-28(57-39(51)33(48)32(26-17-13-11-14-18-26)46-40(52)60-41(3,4)5)22-45(53)37(58-38(50)27-19-15-12-16-20-27)35-43(8,36(49)34(55-10)31(24)42(45,6)7)29(54-9)21-30-44(35,23-56-30)59-25(2)47;1-16-19(33)14-31(36)26(40-27(35)18-11-9-8-10-12-18)24-29(5,25(34)23(38-7)22(16)28(31,3)4)20(37-6)13-21-30(24,15-39-21)41-17(2)32;1-7-26(8-2,9-3)25-17-16(15-13-11-10-12-14-15)21(18(17)22)19(23)24-20(4,5)6/h11-20,28-30,32-35,37,48,53H,21-23H2,1-10H3,(H,46,52);8-12,19-21,23-24,26,33,36H,13-15H2,1-7H3;10-14,16-17H,7-9H2,1-6H3/t28-,29-,30+,32-,33+,34+,35-,37-,43+,44-,45+;19-,20-,21+,23+,24-,26-,29+,30-,31+;16-,17+/m000/s1/i9D3,10D3;6D3,7D3;. The minimum atomic E-state index is -3.35. The lowest BCUT2D eigenvalue weighted by Gasteiger charge is -2.67. The van der Waals surface area contributed by atoms with Gasteiger partial charge in [0.25, 0.3) is 5.91 Å². The number of hydrogen-bond donors (Lipinski definition) is 5. The van der Waals surface area contributed by atoms with E-state index in [9.17, 15) is 58.8 Å². The molecule has 4 aromatic carbocycles. The number of esters is 5. The third-order valence-corrected chi connectivity index (χ3v) is 32.6. The molecule has 3 saturated heterocycles. The summed E-state index contributed by atoms with van der Waals surface area (Å²) in [6.45, 7) is 29.4. The summed E-state index contributed by atoms with van der Waals surface area (Å²) in [5.74, 6) is -10.8. The first kappa shape index (κ1) is 82.4. The number of Topliss-reactive ketones (excluding diaryl/α,β-unsaturated/α-hetero) is 2. The molecule has 31 heteroatoms. The van der Waals surface area contributed by atoms with E-state index in [2.05, 4.69) is 26.1 Å². The molecule has 127 heavy (non-hydrogen) atoms. The molecule has 22 atom stereocenters. The zero-order valence-corrected chi connectivity index (χ0v) is 76.2. The lowest BCUT2D eigenvalue weighted by atomic mass is 9.44. The van der Waals surface area contributed by atoms with Crippen LogP contribution in [0.25, 0.3) is 0 Å². The maximum atomic E-state index is 15.9. The summed E-state index contributed by atoms with van der Waals surface area (Å²) in [5, 5.41) is 52.5. The van der Waals surface area contributed by atoms with E-state index in [1.54, 1.807) is 96.1 Å². The number of rotatable bonds is 21. The van der Waals surface area contributed by atoms with Crippen LogP contribution >= 0.6 is 0 Å². The van der Waals surface area contributed by atoms with Crippen LogP contribution < -0.4 is 5.32 Å². The Labute approximate surface area is 761 Å². The molecule has 30 nitrogen and oxygen atoms in total. The summed E-state index contributed by atoms with van der Waals surface area (Å²) >= 11 is 0. The normalized spacial score (nSPS) is 34.9. The quantitative estimate of drug-likeness (QED) is 0.0170. The van der Waals surface area contributed by atoms with Gasteiger partial charge < -0.3 is 91.7 Å². The van der Waals surface area contributed by atoms with Gasteiger partial charge in [0.1, 0.15) is 71.2 Å². The number of β-lactam (4-membered cyclic amide) rings is 1. The van der Waals surface area contributed by atoms with Crippen molar-refractivity contribution >= 4 is 67.8 Å². The van der Waals surface area contributed by atoms with Crippen LogP contribution in [0.4, 0.5) is 9.59 Å². The van der Waals surface area contributed by atoms with Crippen LogP contribution in [0.5, 0.6) is 0 Å². The smallest absolute Gasteiger partial charge is 0.417 e. The molecule has 0 aromatic heterocycles. The predicted molar refractivity (Wildman–Crippen MR) is 462 cm³/mol. The highest BCUT2D eigenvalue weighted by Crippen LogP contribution is 2.67. The number of ketones is 2. The maximum Gasteiger partial charge on any atom is 0.417 e. The van der Waals surface area contributed by atoms with Gasteiger partial charge in [-0.25, -0.2) is 28.9 Å².